The summed E-state index contributed by atoms with van der Waals surface area (Å²) in [5.41, 5.74) is 0.282. The number of aliphatic imine (C=N–C) groups is 1. The fourth-order valence-electron chi connectivity index (χ4n) is 4.77. The lowest BCUT2D eigenvalue weighted by Gasteiger charge is -2.48. The van der Waals surface area contributed by atoms with E-state index < -0.39 is 0 Å². The van der Waals surface area contributed by atoms with Crippen molar-refractivity contribution in [3.05, 3.63) is 0 Å². The number of nitrogens with zero attached hydrogens (tertiary/aromatic N) is 3. The third-order valence-corrected chi connectivity index (χ3v) is 6.45. The van der Waals surface area contributed by atoms with Crippen molar-refractivity contribution in [2.75, 3.05) is 60.0 Å². The molecule has 2 heterocycles. The van der Waals surface area contributed by atoms with E-state index in [0.29, 0.717) is 6.04 Å². The molecule has 0 amide bonds. The molecular weight excluding hydrogens is 441 g/mol. The highest BCUT2D eigenvalue weighted by molar-refractivity contribution is 14.0. The van der Waals surface area contributed by atoms with Gasteiger partial charge in [0, 0.05) is 44.8 Å². The summed E-state index contributed by atoms with van der Waals surface area (Å²) in [6, 6.07) is 0.640. The first-order valence-electron chi connectivity index (χ1n) is 10.2. The number of guanidine groups is 1. The molecule has 0 radical (unpaired) electrons. The molecule has 3 rings (SSSR count). The molecule has 0 aromatic carbocycles. The molecular formula is C19H38IN5O. The van der Waals surface area contributed by atoms with E-state index in [1.54, 1.807) is 0 Å². The van der Waals surface area contributed by atoms with Crippen molar-refractivity contribution in [2.24, 2.45) is 4.99 Å². The van der Waals surface area contributed by atoms with Gasteiger partial charge in [-0.15, -0.1) is 24.0 Å². The van der Waals surface area contributed by atoms with Crippen LogP contribution < -0.4 is 10.6 Å². The topological polar surface area (TPSA) is 52.1 Å². The van der Waals surface area contributed by atoms with Crippen LogP contribution in [-0.2, 0) is 4.74 Å². The fourth-order valence-corrected chi connectivity index (χ4v) is 4.77. The molecule has 3 fully saturated rings. The maximum absolute atomic E-state index is 5.59. The summed E-state index contributed by atoms with van der Waals surface area (Å²) in [7, 11) is 4.11. The standard InChI is InChI=1S/C19H37N5O.HI/c1-20-18(21-15-17-7-6-10-23(17)2)22-16-19(8-4-3-5-9-19)24-11-13-25-14-12-24;/h17H,3-16H2,1-2H3,(H2,20,21,22);1H. The minimum Gasteiger partial charge on any atom is -0.379 e. The highest BCUT2D eigenvalue weighted by Gasteiger charge is 2.38. The molecule has 2 saturated heterocycles. The van der Waals surface area contributed by atoms with Crippen molar-refractivity contribution in [1.82, 2.24) is 20.4 Å². The van der Waals surface area contributed by atoms with Gasteiger partial charge in [-0.2, -0.15) is 0 Å². The number of likely N-dealkylation sites (tertiary alicyclic amines) is 1. The lowest BCUT2D eigenvalue weighted by Crippen LogP contribution is -2.60. The van der Waals surface area contributed by atoms with Gasteiger partial charge in [-0.25, -0.2) is 0 Å². The number of hydrogen-bond donors (Lipinski definition) is 2. The van der Waals surface area contributed by atoms with Crippen molar-refractivity contribution in [3.63, 3.8) is 0 Å². The van der Waals surface area contributed by atoms with Crippen LogP contribution in [0.25, 0.3) is 0 Å². The molecule has 0 spiro atoms. The Bertz CT molecular complexity index is 436. The molecule has 1 saturated carbocycles. The first kappa shape index (κ1) is 22.2. The maximum atomic E-state index is 5.59. The van der Waals surface area contributed by atoms with E-state index in [1.807, 2.05) is 7.05 Å². The van der Waals surface area contributed by atoms with Gasteiger partial charge in [0.1, 0.15) is 0 Å². The molecule has 2 aliphatic heterocycles. The van der Waals surface area contributed by atoms with Gasteiger partial charge in [0.05, 0.1) is 13.2 Å². The summed E-state index contributed by atoms with van der Waals surface area (Å²) >= 11 is 0. The Balaban J connectivity index is 0.00000243. The zero-order valence-electron chi connectivity index (χ0n) is 16.6. The molecule has 26 heavy (non-hydrogen) atoms. The van der Waals surface area contributed by atoms with Gasteiger partial charge in [0.2, 0.25) is 0 Å². The highest BCUT2D eigenvalue weighted by Crippen LogP contribution is 2.33. The van der Waals surface area contributed by atoms with E-state index in [9.17, 15) is 0 Å². The maximum Gasteiger partial charge on any atom is 0.191 e. The van der Waals surface area contributed by atoms with Gasteiger partial charge >= 0.3 is 0 Å². The minimum atomic E-state index is 0. The van der Waals surface area contributed by atoms with Crippen LogP contribution in [0.3, 0.4) is 0 Å². The number of rotatable bonds is 5. The summed E-state index contributed by atoms with van der Waals surface area (Å²) in [5.74, 6) is 0.957. The summed E-state index contributed by atoms with van der Waals surface area (Å²) in [4.78, 5) is 9.60. The second kappa shape index (κ2) is 11.0. The number of halogens is 1. The molecule has 1 unspecified atom stereocenters. The lowest BCUT2D eigenvalue weighted by atomic mass is 9.80. The van der Waals surface area contributed by atoms with Crippen molar-refractivity contribution in [3.8, 4) is 0 Å². The molecule has 152 valence electrons. The number of nitrogens with one attached hydrogen (secondary N) is 2. The molecule has 0 aromatic rings. The summed E-state index contributed by atoms with van der Waals surface area (Å²) < 4.78 is 5.59. The van der Waals surface area contributed by atoms with Crippen molar-refractivity contribution in [1.29, 1.82) is 0 Å². The first-order valence-corrected chi connectivity index (χ1v) is 10.2. The SMILES string of the molecule is CN=C(NCC1CCCN1C)NCC1(N2CCOCC2)CCCCC1.I. The number of likely N-dealkylation sites (N-methyl/N-ethyl adjacent to an activating group) is 1. The van der Waals surface area contributed by atoms with E-state index >= 15 is 0 Å². The summed E-state index contributed by atoms with van der Waals surface area (Å²) in [6.45, 7) is 7.10. The van der Waals surface area contributed by atoms with Crippen LogP contribution in [0.5, 0.6) is 0 Å². The Hall–Kier alpha value is -0.120. The van der Waals surface area contributed by atoms with Gasteiger partial charge in [-0.3, -0.25) is 9.89 Å². The van der Waals surface area contributed by atoms with E-state index in [2.05, 4.69) is 32.5 Å². The van der Waals surface area contributed by atoms with Crippen LogP contribution in [0, 0.1) is 0 Å². The Morgan fingerprint density at radius 2 is 1.81 bits per heavy atom. The predicted molar refractivity (Wildman–Crippen MR) is 119 cm³/mol. The number of morpholine rings is 1. The lowest BCUT2D eigenvalue weighted by molar-refractivity contribution is -0.0352. The van der Waals surface area contributed by atoms with Gasteiger partial charge in [-0.05, 0) is 39.3 Å². The Morgan fingerprint density at radius 1 is 1.08 bits per heavy atom. The van der Waals surface area contributed by atoms with Gasteiger partial charge in [0.25, 0.3) is 0 Å². The minimum absolute atomic E-state index is 0. The van der Waals surface area contributed by atoms with Crippen molar-refractivity contribution >= 4 is 29.9 Å². The largest absolute Gasteiger partial charge is 0.379 e. The molecule has 3 aliphatic rings. The van der Waals surface area contributed by atoms with Crippen LogP contribution in [-0.4, -0.2) is 87.4 Å². The molecule has 2 N–H and O–H groups in total. The first-order chi connectivity index (χ1) is 12.2. The molecule has 1 aliphatic carbocycles. The molecule has 7 heteroatoms. The molecule has 1 atom stereocenters. The predicted octanol–water partition coefficient (Wildman–Crippen LogP) is 1.90. The summed E-state index contributed by atoms with van der Waals surface area (Å²) in [5, 5.41) is 7.21. The van der Waals surface area contributed by atoms with E-state index in [-0.39, 0.29) is 29.5 Å². The zero-order valence-corrected chi connectivity index (χ0v) is 19.0. The average molecular weight is 479 g/mol. The van der Waals surface area contributed by atoms with Gasteiger partial charge < -0.3 is 20.3 Å². The van der Waals surface area contributed by atoms with Gasteiger partial charge in [-0.1, -0.05) is 19.3 Å². The number of hydrogen-bond acceptors (Lipinski definition) is 4. The molecule has 6 nitrogen and oxygen atoms in total. The van der Waals surface area contributed by atoms with E-state index in [4.69, 9.17) is 4.74 Å². The normalized spacial score (nSPS) is 27.8. The second-order valence-corrected chi connectivity index (χ2v) is 7.97. The fraction of sp³-hybridized carbons (Fsp3) is 0.947. The molecule has 0 bridgehead atoms. The zero-order chi connectivity index (χ0) is 17.5. The van der Waals surface area contributed by atoms with Crippen LogP contribution in [0.15, 0.2) is 4.99 Å². The molecule has 0 aromatic heterocycles. The van der Waals surface area contributed by atoms with Crippen molar-refractivity contribution in [2.45, 2.75) is 56.5 Å². The quantitative estimate of drug-likeness (QED) is 0.359. The van der Waals surface area contributed by atoms with Gasteiger partial charge in [0.15, 0.2) is 5.96 Å². The van der Waals surface area contributed by atoms with Crippen LogP contribution in [0.2, 0.25) is 0 Å². The third-order valence-electron chi connectivity index (χ3n) is 6.45. The Kier molecular flexibility index (Phi) is 9.40. The monoisotopic (exact) mass is 479 g/mol. The Morgan fingerprint density at radius 3 is 2.42 bits per heavy atom. The number of ether oxygens (including phenoxy) is 1. The Labute approximate surface area is 176 Å². The van der Waals surface area contributed by atoms with E-state index in [0.717, 1.165) is 45.4 Å². The summed E-state index contributed by atoms with van der Waals surface area (Å²) in [6.07, 6.45) is 9.26. The van der Waals surface area contributed by atoms with Crippen molar-refractivity contribution < 1.29 is 4.74 Å². The van der Waals surface area contributed by atoms with Crippen LogP contribution in [0.1, 0.15) is 44.9 Å². The van der Waals surface area contributed by atoms with Crippen LogP contribution in [0.4, 0.5) is 0 Å². The van der Waals surface area contributed by atoms with E-state index in [1.165, 1.54) is 51.5 Å². The average Bonchev–Trinajstić information content (AvgIpc) is 3.08. The third kappa shape index (κ3) is 5.69. The van der Waals surface area contributed by atoms with Crippen LogP contribution >= 0.6 is 24.0 Å². The second-order valence-electron chi connectivity index (χ2n) is 7.97. The smallest absolute Gasteiger partial charge is 0.191 e. The highest BCUT2D eigenvalue weighted by atomic mass is 127.